The topological polar surface area (TPSA) is 82.8 Å². The van der Waals surface area contributed by atoms with Crippen molar-refractivity contribution in [2.24, 2.45) is 0 Å². The van der Waals surface area contributed by atoms with E-state index in [4.69, 9.17) is 18.8 Å². The maximum absolute atomic E-state index is 8.81. The summed E-state index contributed by atoms with van der Waals surface area (Å²) in [5, 5.41) is 7.15. The van der Waals surface area contributed by atoms with Gasteiger partial charge >= 0.3 is 0 Å². The molecule has 202 valence electrons. The Hall–Kier alpha value is -3.74. The third kappa shape index (κ3) is 12.2. The molecule has 4 rings (SSSR count). The first-order valence-corrected chi connectivity index (χ1v) is 12.7. The maximum Gasteiger partial charge on any atom is 0.190 e. The number of hydrogen-bond acceptors (Lipinski definition) is 7. The highest BCUT2D eigenvalue weighted by Crippen LogP contribution is 2.32. The number of benzene rings is 2. The number of ether oxygens (including phenoxy) is 3. The zero-order chi connectivity index (χ0) is 27.3. The van der Waals surface area contributed by atoms with Crippen LogP contribution in [0.5, 0.6) is 11.5 Å². The molecule has 1 aromatic heterocycles. The van der Waals surface area contributed by atoms with E-state index in [1.54, 1.807) is 7.11 Å². The average Bonchev–Trinajstić information content (AvgIpc) is 3.32. The van der Waals surface area contributed by atoms with Crippen LogP contribution in [0.15, 0.2) is 72.0 Å². The normalized spacial score (nSPS) is 12.1. The van der Waals surface area contributed by atoms with Crippen molar-refractivity contribution in [3.63, 3.8) is 0 Å². The number of nitrogens with zero attached hydrogens (tertiary/aromatic N) is 1. The van der Waals surface area contributed by atoms with Crippen molar-refractivity contribution < 1.29 is 23.5 Å². The number of hydrogen-bond donors (Lipinski definition) is 1. The Morgan fingerprint density at radius 2 is 1.68 bits per heavy atom. The molecule has 0 atom stereocenters. The molecule has 0 radical (unpaired) electrons. The van der Waals surface area contributed by atoms with Gasteiger partial charge in [0.2, 0.25) is 0 Å². The lowest BCUT2D eigenvalue weighted by Gasteiger charge is -2.23. The van der Waals surface area contributed by atoms with Crippen molar-refractivity contribution in [1.82, 2.24) is 5.16 Å². The van der Waals surface area contributed by atoms with E-state index in [0.29, 0.717) is 6.10 Å². The second kappa shape index (κ2) is 19.4. The first kappa shape index (κ1) is 31.3. The van der Waals surface area contributed by atoms with Crippen LogP contribution in [0.25, 0.3) is 11.3 Å². The number of rotatable bonds is 7. The first-order chi connectivity index (χ1) is 18.0. The van der Waals surface area contributed by atoms with E-state index in [1.165, 1.54) is 45.3 Å². The van der Waals surface area contributed by atoms with Crippen LogP contribution >= 0.6 is 0 Å². The number of aromatic nitrogens is 1. The molecule has 0 unspecified atom stereocenters. The molecule has 7 nitrogen and oxygen atoms in total. The maximum atomic E-state index is 8.81. The van der Waals surface area contributed by atoms with Gasteiger partial charge in [-0.3, -0.25) is 0 Å². The molecule has 0 saturated heterocycles. The Morgan fingerprint density at radius 3 is 2.14 bits per heavy atom. The molecule has 3 aromatic rings. The van der Waals surface area contributed by atoms with Gasteiger partial charge in [-0.2, -0.15) is 0 Å². The second-order valence-electron chi connectivity index (χ2n) is 8.00. The summed E-state index contributed by atoms with van der Waals surface area (Å²) in [6, 6.07) is 17.8. The van der Waals surface area contributed by atoms with E-state index in [2.05, 4.69) is 21.8 Å². The van der Waals surface area contributed by atoms with Crippen LogP contribution in [0.3, 0.4) is 0 Å². The molecule has 0 amide bonds. The number of para-hydroxylation sites is 1. The highest BCUT2D eigenvalue weighted by Gasteiger charge is 2.16. The first-order valence-electron chi connectivity index (χ1n) is 12.7. The number of anilines is 1. The van der Waals surface area contributed by atoms with Gasteiger partial charge in [0.15, 0.2) is 5.76 Å². The Bertz CT molecular complexity index is 981. The fourth-order valence-electron chi connectivity index (χ4n) is 3.60. The van der Waals surface area contributed by atoms with Crippen molar-refractivity contribution in [3.8, 4) is 22.8 Å². The number of aryl methyl sites for hydroxylation is 1. The van der Waals surface area contributed by atoms with Gasteiger partial charge < -0.3 is 28.8 Å². The average molecular weight is 511 g/mol. The van der Waals surface area contributed by atoms with E-state index in [9.17, 15) is 0 Å². The highest BCUT2D eigenvalue weighted by atomic mass is 16.5. The number of aldehydes is 1. The van der Waals surface area contributed by atoms with Crippen molar-refractivity contribution in [2.45, 2.75) is 59.0 Å². The molecule has 0 spiro atoms. The summed E-state index contributed by atoms with van der Waals surface area (Å²) in [7, 11) is 3.54. The molecule has 37 heavy (non-hydrogen) atoms. The molecular formula is C30H42N2O5. The summed E-state index contributed by atoms with van der Waals surface area (Å²) in [4.78, 5) is 8.81. The Kier molecular flexibility index (Phi) is 16.4. The largest absolute Gasteiger partial charge is 0.502 e. The molecule has 1 aliphatic carbocycles. The Balaban J connectivity index is 0.000000351. The minimum Gasteiger partial charge on any atom is -0.502 e. The number of carbonyl (C=O) groups is 1. The monoisotopic (exact) mass is 510 g/mol. The Labute approximate surface area is 221 Å². The van der Waals surface area contributed by atoms with E-state index in [-0.39, 0.29) is 0 Å². The van der Waals surface area contributed by atoms with E-state index < -0.39 is 0 Å². The van der Waals surface area contributed by atoms with Crippen LogP contribution in [-0.4, -0.2) is 38.3 Å². The molecule has 2 aromatic carbocycles. The third-order valence-corrected chi connectivity index (χ3v) is 5.35. The fraction of sp³-hybridized carbons (Fsp3) is 0.400. The van der Waals surface area contributed by atoms with Crippen LogP contribution in [-0.2, 0) is 9.53 Å². The lowest BCUT2D eigenvalue weighted by Crippen LogP contribution is -2.19. The second-order valence-corrected chi connectivity index (χ2v) is 8.00. The molecule has 1 fully saturated rings. The van der Waals surface area contributed by atoms with Crippen LogP contribution in [0.4, 0.5) is 5.69 Å². The van der Waals surface area contributed by atoms with Gasteiger partial charge in [-0.1, -0.05) is 36.4 Å². The minimum atomic E-state index is 0.380. The van der Waals surface area contributed by atoms with Crippen LogP contribution in [0, 0.1) is 6.92 Å². The van der Waals surface area contributed by atoms with Crippen LogP contribution in [0.1, 0.15) is 51.6 Å². The number of carbonyl (C=O) groups excluding carboxylic acids is 1. The molecule has 0 bridgehead atoms. The number of methoxy groups -OCH3 is 1. The predicted molar refractivity (Wildman–Crippen MR) is 150 cm³/mol. The summed E-state index contributed by atoms with van der Waals surface area (Å²) in [5.74, 6) is 2.62. The van der Waals surface area contributed by atoms with Gasteiger partial charge in [0.1, 0.15) is 29.2 Å². The standard InChI is InChI=1S/C17H22N2O2.C7H8O.C4H8O.C2H4O/c1-12-16(18-2)17(21-19-12)13-8-10-15(11-9-13)20-14-6-4-3-5-7-14;1-8-7-5-3-2-4-6-7;1-3-5-4-2;1-2-3/h8-11,14,18H,3-7H2,1-2H3;2-6H,1H3;3H,1,4H2,2H3;2H,1H3. The molecule has 1 aliphatic rings. The molecule has 0 aliphatic heterocycles. The van der Waals surface area contributed by atoms with Crippen LogP contribution < -0.4 is 14.8 Å². The van der Waals surface area contributed by atoms with Crippen molar-refractivity contribution in [2.75, 3.05) is 26.1 Å². The van der Waals surface area contributed by atoms with Gasteiger partial charge in [-0.25, -0.2) is 0 Å². The molecule has 7 heteroatoms. The van der Waals surface area contributed by atoms with Gasteiger partial charge in [0, 0.05) is 12.6 Å². The number of nitrogens with one attached hydrogen (secondary N) is 1. The van der Waals surface area contributed by atoms with E-state index in [0.717, 1.165) is 47.1 Å². The smallest absolute Gasteiger partial charge is 0.190 e. The van der Waals surface area contributed by atoms with Gasteiger partial charge in [-0.05, 0) is 82.9 Å². The summed E-state index contributed by atoms with van der Waals surface area (Å²) in [6.45, 7) is 9.35. The molecule has 1 N–H and O–H groups in total. The molecule has 1 saturated carbocycles. The Morgan fingerprint density at radius 1 is 1.05 bits per heavy atom. The third-order valence-electron chi connectivity index (χ3n) is 5.35. The van der Waals surface area contributed by atoms with E-state index >= 15 is 0 Å². The highest BCUT2D eigenvalue weighted by molar-refractivity contribution is 5.74. The lowest BCUT2D eigenvalue weighted by atomic mass is 9.98. The fourth-order valence-corrected chi connectivity index (χ4v) is 3.60. The molecule has 1 heterocycles. The summed E-state index contributed by atoms with van der Waals surface area (Å²) in [6.07, 6.45) is 8.82. The zero-order valence-electron chi connectivity index (χ0n) is 22.9. The van der Waals surface area contributed by atoms with Gasteiger partial charge in [0.05, 0.1) is 26.1 Å². The summed E-state index contributed by atoms with van der Waals surface area (Å²) >= 11 is 0. The van der Waals surface area contributed by atoms with Gasteiger partial charge in [0.25, 0.3) is 0 Å². The van der Waals surface area contributed by atoms with Crippen molar-refractivity contribution in [3.05, 3.63) is 73.1 Å². The SMILES string of the molecule is C=COCC.CC=O.CNc1c(C)noc1-c1ccc(OC2CCCCC2)cc1.COc1ccccc1. The van der Waals surface area contributed by atoms with E-state index in [1.807, 2.05) is 75.5 Å². The molecular weight excluding hydrogens is 468 g/mol. The predicted octanol–water partition coefficient (Wildman–Crippen LogP) is 7.47. The van der Waals surface area contributed by atoms with Crippen molar-refractivity contribution in [1.29, 1.82) is 0 Å². The summed E-state index contributed by atoms with van der Waals surface area (Å²) < 4.78 is 21.0. The quantitative estimate of drug-likeness (QED) is 0.261. The lowest BCUT2D eigenvalue weighted by molar-refractivity contribution is -0.106. The summed E-state index contributed by atoms with van der Waals surface area (Å²) in [5.41, 5.74) is 2.82. The van der Waals surface area contributed by atoms with Gasteiger partial charge in [-0.15, -0.1) is 0 Å². The minimum absolute atomic E-state index is 0.380. The van der Waals surface area contributed by atoms with Crippen LogP contribution in [0.2, 0.25) is 0 Å². The zero-order valence-corrected chi connectivity index (χ0v) is 22.9. The van der Waals surface area contributed by atoms with Crippen molar-refractivity contribution >= 4 is 12.0 Å².